The van der Waals surface area contributed by atoms with Crippen LogP contribution in [0.1, 0.15) is 11.1 Å². The number of benzene rings is 1. The molecule has 0 saturated carbocycles. The van der Waals surface area contributed by atoms with Gasteiger partial charge in [0.2, 0.25) is 0 Å². The van der Waals surface area contributed by atoms with Crippen LogP contribution in [-0.2, 0) is 11.0 Å². The summed E-state index contributed by atoms with van der Waals surface area (Å²) < 4.78 is 37.7. The van der Waals surface area contributed by atoms with E-state index in [-0.39, 0.29) is 5.56 Å². The molecule has 0 amide bonds. The first-order valence-corrected chi connectivity index (χ1v) is 4.47. The minimum absolute atomic E-state index is 0.276. The number of hydrogen-bond acceptors (Lipinski definition) is 1. The molecule has 0 atom stereocenters. The lowest BCUT2D eigenvalue weighted by molar-refractivity contribution is -0.137. The normalized spacial score (nSPS) is 12.0. The zero-order valence-electron chi connectivity index (χ0n) is 7.75. The summed E-state index contributed by atoms with van der Waals surface area (Å²) in [6, 6.07) is 3.57. The minimum Gasteiger partial charge on any atom is -0.478 e. The van der Waals surface area contributed by atoms with Crippen molar-refractivity contribution in [3.63, 3.8) is 0 Å². The van der Waals surface area contributed by atoms with Gasteiger partial charge < -0.3 is 5.11 Å². The van der Waals surface area contributed by atoms with E-state index in [1.54, 1.807) is 0 Å². The Morgan fingerprint density at radius 3 is 2.50 bits per heavy atom. The number of carboxylic acids is 1. The van der Waals surface area contributed by atoms with Crippen molar-refractivity contribution >= 4 is 23.6 Å². The fourth-order valence-electron chi connectivity index (χ4n) is 1.14. The summed E-state index contributed by atoms with van der Waals surface area (Å²) in [5, 5.41) is 7.88. The molecule has 6 heteroatoms. The number of rotatable bonds is 2. The van der Waals surface area contributed by atoms with E-state index in [9.17, 15) is 18.0 Å². The van der Waals surface area contributed by atoms with E-state index in [2.05, 4.69) is 0 Å². The number of aliphatic carboxylic acids is 1. The van der Waals surface area contributed by atoms with Gasteiger partial charge in [-0.2, -0.15) is 13.2 Å². The van der Waals surface area contributed by atoms with Gasteiger partial charge in [-0.15, -0.1) is 0 Å². The van der Waals surface area contributed by atoms with Crippen molar-refractivity contribution in [3.05, 3.63) is 40.4 Å². The zero-order valence-corrected chi connectivity index (χ0v) is 8.51. The van der Waals surface area contributed by atoms with Gasteiger partial charge in [-0.3, -0.25) is 0 Å². The SMILES string of the molecule is O=C(O)/C=C/c1cccc(Cl)c1C(F)(F)F. The summed E-state index contributed by atoms with van der Waals surface area (Å²) in [5.74, 6) is -1.33. The molecule has 0 aliphatic heterocycles. The van der Waals surface area contributed by atoms with Crippen LogP contribution in [-0.4, -0.2) is 11.1 Å². The first-order chi connectivity index (χ1) is 7.32. The third-order valence-corrected chi connectivity index (χ3v) is 2.05. The Balaban J connectivity index is 3.29. The van der Waals surface area contributed by atoms with Gasteiger partial charge in [-0.05, 0) is 17.7 Å². The van der Waals surface area contributed by atoms with Crippen LogP contribution in [0.3, 0.4) is 0 Å². The second kappa shape index (κ2) is 4.57. The second-order valence-corrected chi connectivity index (χ2v) is 3.28. The van der Waals surface area contributed by atoms with Gasteiger partial charge in [0.1, 0.15) is 0 Å². The summed E-state index contributed by atoms with van der Waals surface area (Å²) in [6.45, 7) is 0. The Hall–Kier alpha value is -1.49. The highest BCUT2D eigenvalue weighted by Gasteiger charge is 2.35. The van der Waals surface area contributed by atoms with E-state index in [1.165, 1.54) is 6.07 Å². The molecule has 0 saturated heterocycles. The molecule has 1 aromatic carbocycles. The largest absolute Gasteiger partial charge is 0.478 e. The molecule has 0 aromatic heterocycles. The molecule has 0 aliphatic carbocycles. The quantitative estimate of drug-likeness (QED) is 0.816. The Morgan fingerprint density at radius 2 is 2.00 bits per heavy atom. The van der Waals surface area contributed by atoms with Crippen LogP contribution >= 0.6 is 11.6 Å². The summed E-state index contributed by atoms with van der Waals surface area (Å²) in [6.07, 6.45) is -3.13. The van der Waals surface area contributed by atoms with Crippen molar-refractivity contribution < 1.29 is 23.1 Å². The van der Waals surface area contributed by atoms with Crippen LogP contribution < -0.4 is 0 Å². The lowest BCUT2D eigenvalue weighted by atomic mass is 10.1. The highest BCUT2D eigenvalue weighted by molar-refractivity contribution is 6.31. The average Bonchev–Trinajstić information content (AvgIpc) is 2.12. The summed E-state index contributed by atoms with van der Waals surface area (Å²) in [7, 11) is 0. The number of alkyl halides is 3. The monoisotopic (exact) mass is 250 g/mol. The maximum absolute atomic E-state index is 12.6. The highest BCUT2D eigenvalue weighted by Crippen LogP contribution is 2.37. The van der Waals surface area contributed by atoms with Crippen molar-refractivity contribution in [2.45, 2.75) is 6.18 Å². The van der Waals surface area contributed by atoms with Crippen LogP contribution in [0.5, 0.6) is 0 Å². The molecule has 1 N–H and O–H groups in total. The van der Waals surface area contributed by atoms with Crippen LogP contribution in [0.2, 0.25) is 5.02 Å². The van der Waals surface area contributed by atoms with Crippen LogP contribution in [0.4, 0.5) is 13.2 Å². The molecule has 2 nitrogen and oxygen atoms in total. The lowest BCUT2D eigenvalue weighted by Gasteiger charge is -2.11. The van der Waals surface area contributed by atoms with E-state index >= 15 is 0 Å². The molecule has 86 valence electrons. The second-order valence-electron chi connectivity index (χ2n) is 2.87. The molecule has 1 rings (SSSR count). The lowest BCUT2D eigenvalue weighted by Crippen LogP contribution is -2.08. The number of carbonyl (C=O) groups is 1. The van der Waals surface area contributed by atoms with E-state index in [4.69, 9.17) is 16.7 Å². The maximum Gasteiger partial charge on any atom is 0.418 e. The Morgan fingerprint density at radius 1 is 1.38 bits per heavy atom. The minimum atomic E-state index is -4.61. The molecule has 0 radical (unpaired) electrons. The average molecular weight is 251 g/mol. The predicted octanol–water partition coefficient (Wildman–Crippen LogP) is 3.46. The molecular formula is C10H6ClF3O2. The standard InChI is InChI=1S/C10H6ClF3O2/c11-7-3-1-2-6(4-5-8(15)16)9(7)10(12,13)14/h1-5H,(H,15,16)/b5-4+. The van der Waals surface area contributed by atoms with Crippen LogP contribution in [0, 0.1) is 0 Å². The van der Waals surface area contributed by atoms with Gasteiger partial charge in [-0.1, -0.05) is 23.7 Å². The fraction of sp³-hybridized carbons (Fsp3) is 0.100. The van der Waals surface area contributed by atoms with Crippen LogP contribution in [0.25, 0.3) is 6.08 Å². The van der Waals surface area contributed by atoms with Crippen molar-refractivity contribution in [1.82, 2.24) is 0 Å². The maximum atomic E-state index is 12.6. The zero-order chi connectivity index (χ0) is 12.3. The Bertz CT molecular complexity index is 438. The third-order valence-electron chi connectivity index (χ3n) is 1.73. The molecule has 0 aliphatic rings. The van der Waals surface area contributed by atoms with Crippen molar-refractivity contribution in [1.29, 1.82) is 0 Å². The van der Waals surface area contributed by atoms with Crippen molar-refractivity contribution in [2.75, 3.05) is 0 Å². The van der Waals surface area contributed by atoms with E-state index in [1.807, 2.05) is 0 Å². The molecule has 16 heavy (non-hydrogen) atoms. The topological polar surface area (TPSA) is 37.3 Å². The van der Waals surface area contributed by atoms with E-state index < -0.39 is 22.7 Å². The summed E-state index contributed by atoms with van der Waals surface area (Å²) >= 11 is 5.43. The molecule has 0 bridgehead atoms. The van der Waals surface area contributed by atoms with Gasteiger partial charge >= 0.3 is 12.1 Å². The summed E-state index contributed by atoms with van der Waals surface area (Å²) in [5.41, 5.74) is -1.31. The molecule has 0 fully saturated rings. The Labute approximate surface area is 94.0 Å². The van der Waals surface area contributed by atoms with Gasteiger partial charge in [0.05, 0.1) is 10.6 Å². The smallest absolute Gasteiger partial charge is 0.418 e. The molecule has 0 unspecified atom stereocenters. The first-order valence-electron chi connectivity index (χ1n) is 4.09. The number of carboxylic acid groups (broad SMARTS) is 1. The Kier molecular flexibility index (Phi) is 3.59. The number of hydrogen-bond donors (Lipinski definition) is 1. The van der Waals surface area contributed by atoms with Crippen LogP contribution in [0.15, 0.2) is 24.3 Å². The van der Waals surface area contributed by atoms with Gasteiger partial charge in [0.25, 0.3) is 0 Å². The first kappa shape index (κ1) is 12.6. The predicted molar refractivity (Wildman–Crippen MR) is 53.1 cm³/mol. The van der Waals surface area contributed by atoms with Gasteiger partial charge in [-0.25, -0.2) is 4.79 Å². The highest BCUT2D eigenvalue weighted by atomic mass is 35.5. The third kappa shape index (κ3) is 3.00. The van der Waals surface area contributed by atoms with Gasteiger partial charge in [0.15, 0.2) is 0 Å². The summed E-state index contributed by atoms with van der Waals surface area (Å²) in [4.78, 5) is 10.2. The molecule has 0 heterocycles. The van der Waals surface area contributed by atoms with Crippen molar-refractivity contribution in [3.8, 4) is 0 Å². The molecule has 1 aromatic rings. The molecule has 0 spiro atoms. The van der Waals surface area contributed by atoms with Gasteiger partial charge in [0, 0.05) is 6.08 Å². The van der Waals surface area contributed by atoms with E-state index in [0.717, 1.165) is 18.2 Å². The van der Waals surface area contributed by atoms with E-state index in [0.29, 0.717) is 6.08 Å². The van der Waals surface area contributed by atoms with Crippen molar-refractivity contribution in [2.24, 2.45) is 0 Å². The number of halogens is 4. The molecular weight excluding hydrogens is 245 g/mol. The fourth-order valence-corrected chi connectivity index (χ4v) is 1.43.